The average molecular weight is 446 g/mol. The molecule has 5 nitrogen and oxygen atoms in total. The molecule has 2 aromatic carbocycles. The number of carbonyl (C=O) groups is 1. The number of ether oxygens (including phenoxy) is 3. The summed E-state index contributed by atoms with van der Waals surface area (Å²) in [5.41, 5.74) is 3.47. The van der Waals surface area contributed by atoms with Crippen molar-refractivity contribution in [2.75, 3.05) is 33.3 Å². The number of rotatable bonds is 9. The van der Waals surface area contributed by atoms with Gasteiger partial charge in [-0.25, -0.2) is 0 Å². The van der Waals surface area contributed by atoms with E-state index < -0.39 is 0 Å². The first-order chi connectivity index (χ1) is 15.0. The molecule has 0 aromatic heterocycles. The van der Waals surface area contributed by atoms with Crippen molar-refractivity contribution in [1.29, 1.82) is 0 Å². The van der Waals surface area contributed by atoms with Gasteiger partial charge in [0.15, 0.2) is 11.5 Å². The Labute approximate surface area is 190 Å². The molecule has 1 heterocycles. The molecule has 0 N–H and O–H groups in total. The Bertz CT molecular complexity index is 882. The van der Waals surface area contributed by atoms with Crippen LogP contribution in [0.1, 0.15) is 55.3 Å². The molecule has 31 heavy (non-hydrogen) atoms. The molecule has 1 aliphatic rings. The van der Waals surface area contributed by atoms with E-state index in [1.807, 2.05) is 29.2 Å². The van der Waals surface area contributed by atoms with E-state index in [0.29, 0.717) is 49.3 Å². The number of alkyl halides is 1. The van der Waals surface area contributed by atoms with Crippen LogP contribution in [-0.4, -0.2) is 44.1 Å². The number of hydrogen-bond acceptors (Lipinski definition) is 4. The second-order valence-corrected chi connectivity index (χ2v) is 8.46. The summed E-state index contributed by atoms with van der Waals surface area (Å²) in [6.07, 6.45) is 1.87. The molecule has 0 fully saturated rings. The highest BCUT2D eigenvalue weighted by Gasteiger charge is 2.32. The number of nitrogens with zero attached hydrogens (tertiary/aromatic N) is 1. The van der Waals surface area contributed by atoms with Crippen LogP contribution in [0.2, 0.25) is 0 Å². The lowest BCUT2D eigenvalue weighted by Gasteiger charge is -2.37. The highest BCUT2D eigenvalue weighted by Crippen LogP contribution is 2.38. The van der Waals surface area contributed by atoms with Crippen LogP contribution in [0.15, 0.2) is 36.4 Å². The van der Waals surface area contributed by atoms with Crippen molar-refractivity contribution in [3.05, 3.63) is 53.1 Å². The van der Waals surface area contributed by atoms with Crippen LogP contribution in [0.5, 0.6) is 17.2 Å². The van der Waals surface area contributed by atoms with Gasteiger partial charge in [0, 0.05) is 18.8 Å². The van der Waals surface area contributed by atoms with Crippen LogP contribution in [0.3, 0.4) is 0 Å². The molecule has 1 unspecified atom stereocenters. The van der Waals surface area contributed by atoms with E-state index >= 15 is 0 Å². The van der Waals surface area contributed by atoms with Gasteiger partial charge in [-0.3, -0.25) is 4.79 Å². The van der Waals surface area contributed by atoms with Crippen molar-refractivity contribution in [2.24, 2.45) is 0 Å². The zero-order valence-electron chi connectivity index (χ0n) is 18.8. The number of benzene rings is 2. The zero-order chi connectivity index (χ0) is 22.4. The molecule has 1 aliphatic heterocycles. The summed E-state index contributed by atoms with van der Waals surface area (Å²) in [5.74, 6) is 3.20. The molecule has 0 bridgehead atoms. The van der Waals surface area contributed by atoms with Gasteiger partial charge in [0.1, 0.15) is 12.4 Å². The quantitative estimate of drug-likeness (QED) is 0.488. The number of hydrogen-bond donors (Lipinski definition) is 0. The minimum absolute atomic E-state index is 0.102. The van der Waals surface area contributed by atoms with E-state index in [0.717, 1.165) is 23.3 Å². The third-order valence-electron chi connectivity index (χ3n) is 5.80. The number of fused-ring (bicyclic) bond motifs is 1. The SMILES string of the molecule is COc1cc2c(cc1OC)C(COc1ccc(C(C)C)cc1)N(C(=O)CCCCl)CC2. The van der Waals surface area contributed by atoms with Crippen LogP contribution >= 0.6 is 11.6 Å². The van der Waals surface area contributed by atoms with Gasteiger partial charge in [0.25, 0.3) is 0 Å². The van der Waals surface area contributed by atoms with E-state index in [1.165, 1.54) is 5.56 Å². The van der Waals surface area contributed by atoms with Crippen molar-refractivity contribution in [3.63, 3.8) is 0 Å². The van der Waals surface area contributed by atoms with Crippen molar-refractivity contribution in [3.8, 4) is 17.2 Å². The van der Waals surface area contributed by atoms with Gasteiger partial charge in [0.2, 0.25) is 5.91 Å². The molecule has 0 saturated heterocycles. The second kappa shape index (κ2) is 10.8. The lowest BCUT2D eigenvalue weighted by molar-refractivity contribution is -0.134. The third-order valence-corrected chi connectivity index (χ3v) is 6.07. The minimum Gasteiger partial charge on any atom is -0.493 e. The van der Waals surface area contributed by atoms with E-state index in [1.54, 1.807) is 14.2 Å². The topological polar surface area (TPSA) is 48.0 Å². The molecule has 6 heteroatoms. The van der Waals surface area contributed by atoms with Crippen molar-refractivity contribution in [2.45, 2.75) is 45.1 Å². The van der Waals surface area contributed by atoms with Crippen LogP contribution in [-0.2, 0) is 11.2 Å². The van der Waals surface area contributed by atoms with E-state index in [-0.39, 0.29) is 11.9 Å². The molecular weight excluding hydrogens is 414 g/mol. The number of methoxy groups -OCH3 is 2. The van der Waals surface area contributed by atoms with Gasteiger partial charge in [-0.1, -0.05) is 26.0 Å². The Hall–Kier alpha value is -2.40. The van der Waals surface area contributed by atoms with Crippen LogP contribution < -0.4 is 14.2 Å². The number of halogens is 1. The summed E-state index contributed by atoms with van der Waals surface area (Å²) < 4.78 is 17.2. The van der Waals surface area contributed by atoms with Gasteiger partial charge < -0.3 is 19.1 Å². The predicted molar refractivity (Wildman–Crippen MR) is 124 cm³/mol. The van der Waals surface area contributed by atoms with E-state index in [2.05, 4.69) is 26.0 Å². The first-order valence-electron chi connectivity index (χ1n) is 10.8. The van der Waals surface area contributed by atoms with E-state index in [9.17, 15) is 4.79 Å². The maximum atomic E-state index is 12.9. The lowest BCUT2D eigenvalue weighted by atomic mass is 9.91. The fraction of sp³-hybridized carbons (Fsp3) is 0.480. The largest absolute Gasteiger partial charge is 0.493 e. The number of carbonyl (C=O) groups excluding carboxylic acids is 1. The summed E-state index contributed by atoms with van der Waals surface area (Å²) in [4.78, 5) is 14.9. The molecule has 0 radical (unpaired) electrons. The van der Waals surface area contributed by atoms with Crippen molar-refractivity contribution >= 4 is 17.5 Å². The maximum Gasteiger partial charge on any atom is 0.223 e. The third kappa shape index (κ3) is 5.45. The molecule has 168 valence electrons. The van der Waals surface area contributed by atoms with Gasteiger partial charge in [-0.05, 0) is 59.7 Å². The van der Waals surface area contributed by atoms with E-state index in [4.69, 9.17) is 25.8 Å². The fourth-order valence-corrected chi connectivity index (χ4v) is 4.13. The van der Waals surface area contributed by atoms with Crippen LogP contribution in [0, 0.1) is 0 Å². The summed E-state index contributed by atoms with van der Waals surface area (Å²) >= 11 is 5.83. The molecule has 3 rings (SSSR count). The standard InChI is InChI=1S/C25H32ClNO4/c1-17(2)18-7-9-20(10-8-18)31-16-22-21-15-24(30-4)23(29-3)14-19(21)11-13-27(22)25(28)6-5-12-26/h7-10,14-15,17,22H,5-6,11-13,16H2,1-4H3. The minimum atomic E-state index is -0.198. The van der Waals surface area contributed by atoms with Crippen LogP contribution in [0.25, 0.3) is 0 Å². The summed E-state index contributed by atoms with van der Waals surface area (Å²) in [7, 11) is 3.26. The predicted octanol–water partition coefficient (Wildman–Crippen LogP) is 5.35. The van der Waals surface area contributed by atoms with Gasteiger partial charge in [-0.15, -0.1) is 11.6 Å². The van der Waals surface area contributed by atoms with Gasteiger partial charge in [-0.2, -0.15) is 0 Å². The molecule has 2 aromatic rings. The van der Waals surface area contributed by atoms with Gasteiger partial charge >= 0.3 is 0 Å². The molecule has 0 saturated carbocycles. The Morgan fingerprint density at radius 1 is 1.13 bits per heavy atom. The summed E-state index contributed by atoms with van der Waals surface area (Å²) in [6.45, 7) is 5.35. The Kier molecular flexibility index (Phi) is 8.08. The maximum absolute atomic E-state index is 12.9. The Balaban J connectivity index is 1.88. The smallest absolute Gasteiger partial charge is 0.223 e. The monoisotopic (exact) mass is 445 g/mol. The van der Waals surface area contributed by atoms with Crippen LogP contribution in [0.4, 0.5) is 0 Å². The lowest BCUT2D eigenvalue weighted by Crippen LogP contribution is -2.42. The fourth-order valence-electron chi connectivity index (χ4n) is 3.99. The Morgan fingerprint density at radius 3 is 2.42 bits per heavy atom. The van der Waals surface area contributed by atoms with Crippen molar-refractivity contribution in [1.82, 2.24) is 4.90 Å². The molecule has 0 spiro atoms. The normalized spacial score (nSPS) is 15.5. The van der Waals surface area contributed by atoms with Crippen molar-refractivity contribution < 1.29 is 19.0 Å². The zero-order valence-corrected chi connectivity index (χ0v) is 19.6. The first-order valence-corrected chi connectivity index (χ1v) is 11.3. The second-order valence-electron chi connectivity index (χ2n) is 8.09. The Morgan fingerprint density at radius 2 is 1.81 bits per heavy atom. The molecular formula is C25H32ClNO4. The highest BCUT2D eigenvalue weighted by atomic mass is 35.5. The molecule has 1 amide bonds. The summed E-state index contributed by atoms with van der Waals surface area (Å²) in [6, 6.07) is 12.0. The average Bonchev–Trinajstić information content (AvgIpc) is 2.79. The molecule has 1 atom stereocenters. The number of amides is 1. The summed E-state index contributed by atoms with van der Waals surface area (Å²) in [5, 5.41) is 0. The highest BCUT2D eigenvalue weighted by molar-refractivity contribution is 6.17. The molecule has 0 aliphatic carbocycles. The van der Waals surface area contributed by atoms with Gasteiger partial charge in [0.05, 0.1) is 20.3 Å². The first kappa shape index (κ1) is 23.3.